The highest BCUT2D eigenvalue weighted by Crippen LogP contribution is 2.28. The molecule has 3 aromatic rings. The third-order valence-corrected chi connectivity index (χ3v) is 6.01. The molecule has 4 rings (SSSR count). The minimum absolute atomic E-state index is 0.239. The van der Waals surface area contributed by atoms with Crippen LogP contribution in [0.25, 0.3) is 0 Å². The van der Waals surface area contributed by atoms with E-state index in [0.717, 1.165) is 60.1 Å². The van der Waals surface area contributed by atoms with Crippen LogP contribution in [0.4, 0.5) is 0 Å². The van der Waals surface area contributed by atoms with Gasteiger partial charge in [-0.05, 0) is 48.7 Å². The third-order valence-electron chi connectivity index (χ3n) is 5.64. The van der Waals surface area contributed by atoms with Gasteiger partial charge in [-0.25, -0.2) is 0 Å². The summed E-state index contributed by atoms with van der Waals surface area (Å²) in [7, 11) is 1.63. The molecule has 1 N–H and O–H groups in total. The number of ether oxygens (including phenoxy) is 1. The highest BCUT2D eigenvalue weighted by Gasteiger charge is 2.25. The molecule has 1 aliphatic rings. The third kappa shape index (κ3) is 5.46. The van der Waals surface area contributed by atoms with Gasteiger partial charge in [-0.1, -0.05) is 47.1 Å². The van der Waals surface area contributed by atoms with Crippen molar-refractivity contribution in [2.75, 3.05) is 20.2 Å². The van der Waals surface area contributed by atoms with Crippen LogP contribution < -0.4 is 10.1 Å². The summed E-state index contributed by atoms with van der Waals surface area (Å²) in [5, 5.41) is 7.86. The van der Waals surface area contributed by atoms with Crippen LogP contribution in [-0.2, 0) is 13.1 Å². The number of halogens is 1. The molecular weight excluding hydrogens is 414 g/mol. The van der Waals surface area contributed by atoms with Crippen molar-refractivity contribution in [2.45, 2.75) is 31.8 Å². The van der Waals surface area contributed by atoms with Crippen molar-refractivity contribution in [2.24, 2.45) is 0 Å². The van der Waals surface area contributed by atoms with Gasteiger partial charge in [-0.3, -0.25) is 9.69 Å². The molecule has 0 radical (unpaired) electrons. The maximum Gasteiger partial charge on any atom is 0.290 e. The minimum Gasteiger partial charge on any atom is -0.497 e. The van der Waals surface area contributed by atoms with E-state index in [4.69, 9.17) is 20.9 Å². The van der Waals surface area contributed by atoms with Crippen LogP contribution in [0.1, 0.15) is 46.1 Å². The van der Waals surface area contributed by atoms with Gasteiger partial charge in [0.1, 0.15) is 5.75 Å². The SMILES string of the molecule is COc1ccc(CNC(=O)c2cc([C@@H]3CCCN(Cc4ccccc4Cl)C3)no2)cc1. The summed E-state index contributed by atoms with van der Waals surface area (Å²) in [6.07, 6.45) is 2.10. The molecule has 0 bridgehead atoms. The number of piperidine rings is 1. The Morgan fingerprint density at radius 3 is 2.84 bits per heavy atom. The van der Waals surface area contributed by atoms with Gasteiger partial charge in [0.05, 0.1) is 12.8 Å². The van der Waals surface area contributed by atoms with Crippen molar-refractivity contribution in [1.29, 1.82) is 0 Å². The first-order valence-electron chi connectivity index (χ1n) is 10.5. The number of carbonyl (C=O) groups is 1. The van der Waals surface area contributed by atoms with Gasteiger partial charge in [-0.2, -0.15) is 0 Å². The number of methoxy groups -OCH3 is 1. The molecule has 0 aliphatic carbocycles. The smallest absolute Gasteiger partial charge is 0.290 e. The van der Waals surface area contributed by atoms with E-state index >= 15 is 0 Å². The highest BCUT2D eigenvalue weighted by molar-refractivity contribution is 6.31. The van der Waals surface area contributed by atoms with Crippen molar-refractivity contribution in [1.82, 2.24) is 15.4 Å². The Labute approximate surface area is 187 Å². The molecule has 1 aliphatic heterocycles. The van der Waals surface area contributed by atoms with E-state index in [9.17, 15) is 4.79 Å². The molecule has 0 spiro atoms. The maximum absolute atomic E-state index is 12.5. The van der Waals surface area contributed by atoms with E-state index < -0.39 is 0 Å². The van der Waals surface area contributed by atoms with Crippen LogP contribution in [0.3, 0.4) is 0 Å². The lowest BCUT2D eigenvalue weighted by molar-refractivity contribution is 0.0913. The van der Waals surface area contributed by atoms with Crippen LogP contribution >= 0.6 is 11.6 Å². The Balaban J connectivity index is 1.33. The molecule has 162 valence electrons. The largest absolute Gasteiger partial charge is 0.497 e. The summed E-state index contributed by atoms with van der Waals surface area (Å²) in [5.41, 5.74) is 2.94. The molecule has 1 aromatic heterocycles. The molecule has 7 heteroatoms. The number of rotatable bonds is 7. The lowest BCUT2D eigenvalue weighted by Gasteiger charge is -2.31. The molecule has 0 saturated carbocycles. The zero-order valence-corrected chi connectivity index (χ0v) is 18.3. The predicted octanol–water partition coefficient (Wildman–Crippen LogP) is 4.65. The average molecular weight is 440 g/mol. The number of nitrogens with zero attached hydrogens (tertiary/aromatic N) is 2. The molecular formula is C24H26ClN3O3. The van der Waals surface area contributed by atoms with E-state index in [0.29, 0.717) is 6.54 Å². The van der Waals surface area contributed by atoms with Gasteiger partial charge in [0.2, 0.25) is 5.76 Å². The summed E-state index contributed by atoms with van der Waals surface area (Å²) in [6, 6.07) is 17.3. The number of benzene rings is 2. The van der Waals surface area contributed by atoms with Gasteiger partial charge < -0.3 is 14.6 Å². The Morgan fingerprint density at radius 1 is 1.26 bits per heavy atom. The number of carbonyl (C=O) groups excluding carboxylic acids is 1. The Kier molecular flexibility index (Phi) is 6.89. The maximum atomic E-state index is 12.5. The predicted molar refractivity (Wildman–Crippen MR) is 119 cm³/mol. The average Bonchev–Trinajstić information content (AvgIpc) is 3.30. The molecule has 1 fully saturated rings. The molecule has 2 aromatic carbocycles. The van der Waals surface area contributed by atoms with Gasteiger partial charge in [-0.15, -0.1) is 0 Å². The number of likely N-dealkylation sites (tertiary alicyclic amines) is 1. The first kappa shape index (κ1) is 21.4. The minimum atomic E-state index is -0.265. The summed E-state index contributed by atoms with van der Waals surface area (Å²) < 4.78 is 10.5. The Hall–Kier alpha value is -2.83. The lowest BCUT2D eigenvalue weighted by atomic mass is 9.94. The van der Waals surface area contributed by atoms with Gasteiger partial charge in [0, 0.05) is 36.6 Å². The van der Waals surface area contributed by atoms with Gasteiger partial charge in [0.15, 0.2) is 0 Å². The second kappa shape index (κ2) is 9.98. The van der Waals surface area contributed by atoms with Crippen molar-refractivity contribution < 1.29 is 14.1 Å². The first-order chi connectivity index (χ1) is 15.1. The molecule has 6 nitrogen and oxygen atoms in total. The second-order valence-electron chi connectivity index (χ2n) is 7.81. The van der Waals surface area contributed by atoms with E-state index in [2.05, 4.69) is 21.4 Å². The van der Waals surface area contributed by atoms with E-state index in [1.54, 1.807) is 13.2 Å². The monoisotopic (exact) mass is 439 g/mol. The Bertz CT molecular complexity index is 1020. The topological polar surface area (TPSA) is 67.6 Å². The van der Waals surface area contributed by atoms with Crippen molar-refractivity contribution >= 4 is 17.5 Å². The number of hydrogen-bond donors (Lipinski definition) is 1. The normalized spacial score (nSPS) is 16.8. The summed E-state index contributed by atoms with van der Waals surface area (Å²) in [4.78, 5) is 14.9. The quantitative estimate of drug-likeness (QED) is 0.580. The number of hydrogen-bond acceptors (Lipinski definition) is 5. The summed E-state index contributed by atoms with van der Waals surface area (Å²) >= 11 is 6.32. The summed E-state index contributed by atoms with van der Waals surface area (Å²) in [6.45, 7) is 3.11. The second-order valence-corrected chi connectivity index (χ2v) is 8.22. The fourth-order valence-electron chi connectivity index (χ4n) is 3.91. The fourth-order valence-corrected chi connectivity index (χ4v) is 4.10. The number of amides is 1. The molecule has 1 saturated heterocycles. The molecule has 31 heavy (non-hydrogen) atoms. The van der Waals surface area contributed by atoms with Crippen molar-refractivity contribution in [3.8, 4) is 5.75 Å². The molecule has 1 amide bonds. The van der Waals surface area contributed by atoms with Crippen LogP contribution in [0.15, 0.2) is 59.1 Å². The van der Waals surface area contributed by atoms with Gasteiger partial charge in [0.25, 0.3) is 5.91 Å². The standard InChI is InChI=1S/C24H26ClN3O3/c1-30-20-10-8-17(9-11-20)14-26-24(29)23-13-22(27-31-23)19-6-4-12-28(16-19)15-18-5-2-3-7-21(18)25/h2-3,5,7-11,13,19H,4,6,12,14-16H2,1H3,(H,26,29)/t19-/m1/s1. The van der Waals surface area contributed by atoms with E-state index in [-0.39, 0.29) is 17.6 Å². The number of aromatic nitrogens is 1. The van der Waals surface area contributed by atoms with Crippen molar-refractivity contribution in [3.63, 3.8) is 0 Å². The number of nitrogens with one attached hydrogen (secondary N) is 1. The highest BCUT2D eigenvalue weighted by atomic mass is 35.5. The van der Waals surface area contributed by atoms with E-state index in [1.807, 2.05) is 42.5 Å². The van der Waals surface area contributed by atoms with Crippen molar-refractivity contribution in [3.05, 3.63) is 82.2 Å². The van der Waals surface area contributed by atoms with Crippen LogP contribution in [0.2, 0.25) is 5.02 Å². The lowest BCUT2D eigenvalue weighted by Crippen LogP contribution is -2.34. The van der Waals surface area contributed by atoms with Crippen LogP contribution in [0.5, 0.6) is 5.75 Å². The zero-order valence-electron chi connectivity index (χ0n) is 17.5. The Morgan fingerprint density at radius 2 is 2.06 bits per heavy atom. The van der Waals surface area contributed by atoms with Crippen LogP contribution in [-0.4, -0.2) is 36.2 Å². The zero-order chi connectivity index (χ0) is 21.6. The first-order valence-corrected chi connectivity index (χ1v) is 10.8. The van der Waals surface area contributed by atoms with Gasteiger partial charge >= 0.3 is 0 Å². The van der Waals surface area contributed by atoms with Crippen LogP contribution in [0, 0.1) is 0 Å². The summed E-state index contributed by atoms with van der Waals surface area (Å²) in [5.74, 6) is 0.999. The van der Waals surface area contributed by atoms with E-state index in [1.165, 1.54) is 0 Å². The fraction of sp³-hybridized carbons (Fsp3) is 0.333. The molecule has 1 atom stereocenters. The molecule has 0 unspecified atom stereocenters. The molecule has 2 heterocycles.